The van der Waals surface area contributed by atoms with Crippen molar-refractivity contribution in [1.82, 2.24) is 14.9 Å². The highest BCUT2D eigenvalue weighted by molar-refractivity contribution is 5.88. The Morgan fingerprint density at radius 3 is 2.47 bits per heavy atom. The molecule has 1 fully saturated rings. The number of nitrogens with one attached hydrogen (secondary N) is 1. The average molecular weight is 484 g/mol. The van der Waals surface area contributed by atoms with Crippen LogP contribution in [0.25, 0.3) is 22.4 Å². The summed E-state index contributed by atoms with van der Waals surface area (Å²) in [5.41, 5.74) is 3.68. The van der Waals surface area contributed by atoms with Crippen LogP contribution in [0.4, 0.5) is 0 Å². The van der Waals surface area contributed by atoms with E-state index in [0.717, 1.165) is 47.8 Å². The lowest BCUT2D eigenvalue weighted by molar-refractivity contribution is -0.125. The van der Waals surface area contributed by atoms with Crippen LogP contribution in [0.3, 0.4) is 0 Å². The number of hydrogen-bond donors (Lipinski definition) is 1. The molecule has 1 unspecified atom stereocenters. The largest absolute Gasteiger partial charge is 0.497 e. The Balaban J connectivity index is 1.65. The first-order chi connectivity index (χ1) is 17.7. The molecule has 6 heteroatoms. The van der Waals surface area contributed by atoms with E-state index in [0.29, 0.717) is 23.7 Å². The summed E-state index contributed by atoms with van der Waals surface area (Å²) in [5.74, 6) is 2.09. The molecule has 6 nitrogen and oxygen atoms in total. The normalized spacial score (nSPS) is 14.9. The lowest BCUT2D eigenvalue weighted by Crippen LogP contribution is -2.41. The molecule has 1 aliphatic rings. The standard InChI is InChI=1S/C30H33N3O3/c1-35-23-17-18-24(28(20-23)36-2)29-32-25-15-9-10-16-26(25)33(29)27(19-21-11-5-3-6-12-21)30(34)31-22-13-7-4-8-14-22/h3,5-6,9-12,15-18,20,22,27H,4,7-8,13-14,19H2,1-2H3,(H,31,34). The molecular weight excluding hydrogens is 450 g/mol. The maximum Gasteiger partial charge on any atom is 0.243 e. The van der Waals surface area contributed by atoms with E-state index in [-0.39, 0.29) is 11.9 Å². The van der Waals surface area contributed by atoms with Gasteiger partial charge in [-0.2, -0.15) is 0 Å². The van der Waals surface area contributed by atoms with Gasteiger partial charge < -0.3 is 19.4 Å². The molecule has 5 rings (SSSR count). The van der Waals surface area contributed by atoms with Gasteiger partial charge in [0, 0.05) is 18.5 Å². The van der Waals surface area contributed by atoms with E-state index < -0.39 is 6.04 Å². The van der Waals surface area contributed by atoms with Crippen LogP contribution in [0, 0.1) is 0 Å². The van der Waals surface area contributed by atoms with Crippen molar-refractivity contribution in [3.8, 4) is 22.9 Å². The van der Waals surface area contributed by atoms with Gasteiger partial charge in [-0.3, -0.25) is 4.79 Å². The van der Waals surface area contributed by atoms with Crippen LogP contribution >= 0.6 is 0 Å². The van der Waals surface area contributed by atoms with Gasteiger partial charge in [-0.05, 0) is 42.7 Å². The van der Waals surface area contributed by atoms with Gasteiger partial charge >= 0.3 is 0 Å². The molecule has 1 saturated carbocycles. The molecule has 0 radical (unpaired) electrons. The molecule has 0 aliphatic heterocycles. The van der Waals surface area contributed by atoms with Crippen molar-refractivity contribution in [2.45, 2.75) is 50.6 Å². The molecule has 1 N–H and O–H groups in total. The Bertz CT molecular complexity index is 1330. The summed E-state index contributed by atoms with van der Waals surface area (Å²) in [7, 11) is 3.28. The number of nitrogens with zero attached hydrogens (tertiary/aromatic N) is 2. The van der Waals surface area contributed by atoms with Gasteiger partial charge in [0.2, 0.25) is 5.91 Å². The van der Waals surface area contributed by atoms with Crippen molar-refractivity contribution in [3.63, 3.8) is 0 Å². The van der Waals surface area contributed by atoms with Crippen LogP contribution in [0.1, 0.15) is 43.7 Å². The molecule has 186 valence electrons. The fraction of sp³-hybridized carbons (Fsp3) is 0.333. The highest BCUT2D eigenvalue weighted by Crippen LogP contribution is 2.37. The van der Waals surface area contributed by atoms with Crippen LogP contribution in [0.5, 0.6) is 11.5 Å². The van der Waals surface area contributed by atoms with Crippen LogP contribution in [-0.4, -0.2) is 35.7 Å². The number of hydrogen-bond acceptors (Lipinski definition) is 4. The SMILES string of the molecule is COc1ccc(-c2nc3ccccc3n2C(Cc2ccccc2)C(=O)NC2CCCCC2)c(OC)c1. The number of carbonyl (C=O) groups is 1. The summed E-state index contributed by atoms with van der Waals surface area (Å²) in [4.78, 5) is 19.0. The van der Waals surface area contributed by atoms with Gasteiger partial charge in [0.1, 0.15) is 23.4 Å². The molecule has 4 aromatic rings. The van der Waals surface area contributed by atoms with Crippen LogP contribution in [0.2, 0.25) is 0 Å². The van der Waals surface area contributed by atoms with Crippen molar-refractivity contribution in [1.29, 1.82) is 0 Å². The first-order valence-corrected chi connectivity index (χ1v) is 12.7. The summed E-state index contributed by atoms with van der Waals surface area (Å²) in [5, 5.41) is 3.38. The van der Waals surface area contributed by atoms with Gasteiger partial charge in [0.15, 0.2) is 0 Å². The van der Waals surface area contributed by atoms with Gasteiger partial charge in [0.25, 0.3) is 0 Å². The molecule has 0 bridgehead atoms. The smallest absolute Gasteiger partial charge is 0.243 e. The Morgan fingerprint density at radius 1 is 0.972 bits per heavy atom. The van der Waals surface area contributed by atoms with E-state index in [1.54, 1.807) is 14.2 Å². The second-order valence-corrected chi connectivity index (χ2v) is 9.41. The third-order valence-corrected chi connectivity index (χ3v) is 7.08. The Labute approximate surface area is 212 Å². The van der Waals surface area contributed by atoms with E-state index in [4.69, 9.17) is 14.5 Å². The predicted molar refractivity (Wildman–Crippen MR) is 142 cm³/mol. The summed E-state index contributed by atoms with van der Waals surface area (Å²) in [6.45, 7) is 0. The van der Waals surface area contributed by atoms with Gasteiger partial charge in [0.05, 0.1) is 30.8 Å². The number of ether oxygens (including phenoxy) is 2. The van der Waals surface area contributed by atoms with Crippen LogP contribution < -0.4 is 14.8 Å². The maximum atomic E-state index is 14.0. The molecular formula is C30H33N3O3. The first kappa shape index (κ1) is 23.9. The minimum Gasteiger partial charge on any atom is -0.497 e. The quantitative estimate of drug-likeness (QED) is 0.336. The molecule has 1 amide bonds. The average Bonchev–Trinajstić information content (AvgIpc) is 3.31. The number of carbonyl (C=O) groups excluding carboxylic acids is 1. The number of benzene rings is 3. The lowest BCUT2D eigenvalue weighted by Gasteiger charge is -2.27. The number of amides is 1. The number of imidazole rings is 1. The predicted octanol–water partition coefficient (Wildman–Crippen LogP) is 5.95. The van der Waals surface area contributed by atoms with Crippen LogP contribution in [-0.2, 0) is 11.2 Å². The minimum absolute atomic E-state index is 0.0302. The van der Waals surface area contributed by atoms with Crippen LogP contribution in [0.15, 0.2) is 72.8 Å². The highest BCUT2D eigenvalue weighted by Gasteiger charge is 2.29. The Hall–Kier alpha value is -3.80. The zero-order valence-electron chi connectivity index (χ0n) is 20.9. The number of rotatable bonds is 8. The molecule has 1 aliphatic carbocycles. The highest BCUT2D eigenvalue weighted by atomic mass is 16.5. The first-order valence-electron chi connectivity index (χ1n) is 12.7. The van der Waals surface area contributed by atoms with E-state index in [1.807, 2.05) is 60.7 Å². The fourth-order valence-electron chi connectivity index (χ4n) is 5.22. The third-order valence-electron chi connectivity index (χ3n) is 7.08. The molecule has 1 aromatic heterocycles. The molecule has 1 atom stereocenters. The van der Waals surface area contributed by atoms with Gasteiger partial charge in [-0.25, -0.2) is 4.98 Å². The Kier molecular flexibility index (Phi) is 7.21. The van der Waals surface area contributed by atoms with Gasteiger partial charge in [-0.15, -0.1) is 0 Å². The van der Waals surface area contributed by atoms with E-state index in [1.165, 1.54) is 6.42 Å². The molecule has 0 saturated heterocycles. The van der Waals surface area contributed by atoms with Crippen molar-refractivity contribution in [2.75, 3.05) is 14.2 Å². The zero-order chi connectivity index (χ0) is 24.9. The maximum absolute atomic E-state index is 14.0. The molecule has 0 spiro atoms. The number of fused-ring (bicyclic) bond motifs is 1. The topological polar surface area (TPSA) is 65.4 Å². The Morgan fingerprint density at radius 2 is 1.72 bits per heavy atom. The van der Waals surface area contributed by atoms with Crippen molar-refractivity contribution in [2.24, 2.45) is 0 Å². The van der Waals surface area contributed by atoms with Crippen molar-refractivity contribution in [3.05, 3.63) is 78.4 Å². The van der Waals surface area contributed by atoms with Gasteiger partial charge in [-0.1, -0.05) is 61.7 Å². The molecule has 1 heterocycles. The molecule has 36 heavy (non-hydrogen) atoms. The monoisotopic (exact) mass is 483 g/mol. The number of methoxy groups -OCH3 is 2. The third kappa shape index (κ3) is 4.94. The second kappa shape index (κ2) is 10.9. The lowest BCUT2D eigenvalue weighted by atomic mass is 9.95. The summed E-state index contributed by atoms with van der Waals surface area (Å²) in [6.07, 6.45) is 6.20. The summed E-state index contributed by atoms with van der Waals surface area (Å²) < 4.78 is 13.2. The van der Waals surface area contributed by atoms with Crippen molar-refractivity contribution < 1.29 is 14.3 Å². The summed E-state index contributed by atoms with van der Waals surface area (Å²) >= 11 is 0. The second-order valence-electron chi connectivity index (χ2n) is 9.41. The van der Waals surface area contributed by atoms with E-state index in [2.05, 4.69) is 22.0 Å². The zero-order valence-corrected chi connectivity index (χ0v) is 20.9. The molecule has 3 aromatic carbocycles. The van der Waals surface area contributed by atoms with Crippen molar-refractivity contribution >= 4 is 16.9 Å². The van der Waals surface area contributed by atoms with E-state index >= 15 is 0 Å². The van der Waals surface area contributed by atoms with E-state index in [9.17, 15) is 4.79 Å². The number of para-hydroxylation sites is 2. The minimum atomic E-state index is -0.469. The fourth-order valence-corrected chi connectivity index (χ4v) is 5.22. The summed E-state index contributed by atoms with van der Waals surface area (Å²) in [6, 6.07) is 23.6. The number of aromatic nitrogens is 2.